The van der Waals surface area contributed by atoms with Gasteiger partial charge < -0.3 is 9.15 Å². The van der Waals surface area contributed by atoms with Crippen molar-refractivity contribution < 1.29 is 23.5 Å². The van der Waals surface area contributed by atoms with Crippen molar-refractivity contribution in [2.75, 3.05) is 25.7 Å². The van der Waals surface area contributed by atoms with Gasteiger partial charge in [0.2, 0.25) is 0 Å². The second-order valence-corrected chi connectivity index (χ2v) is 7.36. The molecule has 3 aromatic rings. The van der Waals surface area contributed by atoms with Crippen molar-refractivity contribution >= 4 is 34.5 Å². The molecule has 8 nitrogen and oxygen atoms in total. The summed E-state index contributed by atoms with van der Waals surface area (Å²) in [7, 11) is 3.32. The lowest BCUT2D eigenvalue weighted by Crippen LogP contribution is -2.40. The minimum atomic E-state index is -0.869. The number of benzene rings is 2. The normalized spacial score (nSPS) is 14.4. The standard InChI is InChI=1S/C23H23N3O5/c1-4-19-18(17-7-5-6-8-20(17)31-19)13-24(2)14-25-21(27)22(28)26(23(25)29)15-9-11-16(30-3)12-10-15/h5-12H,4,13-14H2,1-3H3. The number of furan rings is 1. The Bertz CT molecular complexity index is 1150. The van der Waals surface area contributed by atoms with Crippen LogP contribution < -0.4 is 9.64 Å². The number of amides is 4. The summed E-state index contributed by atoms with van der Waals surface area (Å²) in [6.45, 7) is 2.47. The van der Waals surface area contributed by atoms with E-state index in [1.807, 2.05) is 36.1 Å². The Morgan fingerprint density at radius 2 is 1.71 bits per heavy atom. The van der Waals surface area contributed by atoms with Gasteiger partial charge in [0.1, 0.15) is 17.1 Å². The molecule has 1 saturated heterocycles. The predicted molar refractivity (Wildman–Crippen MR) is 115 cm³/mol. The molecule has 1 fully saturated rings. The van der Waals surface area contributed by atoms with Gasteiger partial charge in [0.25, 0.3) is 0 Å². The molecule has 2 heterocycles. The zero-order valence-electron chi connectivity index (χ0n) is 17.6. The number of para-hydroxylation sites is 1. The molecule has 2 aromatic carbocycles. The van der Waals surface area contributed by atoms with Crippen LogP contribution in [0.2, 0.25) is 0 Å². The maximum absolute atomic E-state index is 12.9. The van der Waals surface area contributed by atoms with Crippen molar-refractivity contribution in [3.05, 3.63) is 59.9 Å². The lowest BCUT2D eigenvalue weighted by atomic mass is 10.1. The lowest BCUT2D eigenvalue weighted by Gasteiger charge is -2.22. The first-order valence-corrected chi connectivity index (χ1v) is 9.96. The molecule has 0 N–H and O–H groups in total. The number of carbonyl (C=O) groups excluding carboxylic acids is 3. The van der Waals surface area contributed by atoms with Crippen molar-refractivity contribution in [1.82, 2.24) is 9.80 Å². The third-order valence-corrected chi connectivity index (χ3v) is 5.30. The van der Waals surface area contributed by atoms with Crippen LogP contribution in [-0.2, 0) is 22.6 Å². The van der Waals surface area contributed by atoms with E-state index in [0.717, 1.165) is 38.5 Å². The van der Waals surface area contributed by atoms with Gasteiger partial charge in [0.05, 0.1) is 19.5 Å². The molecule has 4 rings (SSSR count). The summed E-state index contributed by atoms with van der Waals surface area (Å²) in [5.41, 5.74) is 2.14. The number of ether oxygens (including phenoxy) is 1. The molecule has 1 aliphatic heterocycles. The number of methoxy groups -OCH3 is 1. The SMILES string of the molecule is CCc1oc2ccccc2c1CN(C)CN1C(=O)C(=O)N(c2ccc(OC)cc2)C1=O. The van der Waals surface area contributed by atoms with Gasteiger partial charge in [0, 0.05) is 23.9 Å². The number of rotatable bonds is 7. The van der Waals surface area contributed by atoms with E-state index < -0.39 is 17.8 Å². The molecule has 1 aromatic heterocycles. The third kappa shape index (κ3) is 3.66. The van der Waals surface area contributed by atoms with Crippen LogP contribution >= 0.6 is 0 Å². The summed E-state index contributed by atoms with van der Waals surface area (Å²) in [4.78, 5) is 41.6. The van der Waals surface area contributed by atoms with Crippen LogP contribution in [0.5, 0.6) is 5.75 Å². The molecule has 0 spiro atoms. The van der Waals surface area contributed by atoms with Crippen LogP contribution in [0.4, 0.5) is 10.5 Å². The molecule has 0 unspecified atom stereocenters. The van der Waals surface area contributed by atoms with E-state index in [9.17, 15) is 14.4 Å². The Labute approximate surface area is 179 Å². The summed E-state index contributed by atoms with van der Waals surface area (Å²) in [5, 5.41) is 1.00. The summed E-state index contributed by atoms with van der Waals surface area (Å²) < 4.78 is 11.0. The van der Waals surface area contributed by atoms with E-state index in [0.29, 0.717) is 18.0 Å². The second kappa shape index (κ2) is 8.23. The van der Waals surface area contributed by atoms with Gasteiger partial charge in [-0.15, -0.1) is 0 Å². The van der Waals surface area contributed by atoms with Gasteiger partial charge in [-0.2, -0.15) is 0 Å². The first-order chi connectivity index (χ1) is 14.9. The van der Waals surface area contributed by atoms with Crippen LogP contribution in [0.3, 0.4) is 0 Å². The highest BCUT2D eigenvalue weighted by Crippen LogP contribution is 2.28. The molecule has 1 aliphatic rings. The van der Waals surface area contributed by atoms with Crippen LogP contribution in [0.1, 0.15) is 18.2 Å². The van der Waals surface area contributed by atoms with Gasteiger partial charge in [-0.25, -0.2) is 14.6 Å². The Kier molecular flexibility index (Phi) is 5.48. The fourth-order valence-corrected chi connectivity index (χ4v) is 3.76. The average molecular weight is 421 g/mol. The summed E-state index contributed by atoms with van der Waals surface area (Å²) in [6.07, 6.45) is 0.725. The fourth-order valence-electron chi connectivity index (χ4n) is 3.76. The van der Waals surface area contributed by atoms with Crippen LogP contribution in [-0.4, -0.2) is 48.5 Å². The zero-order chi connectivity index (χ0) is 22.1. The molecule has 0 saturated carbocycles. The molecule has 31 heavy (non-hydrogen) atoms. The summed E-state index contributed by atoms with van der Waals surface area (Å²) in [5.74, 6) is -0.264. The van der Waals surface area contributed by atoms with Gasteiger partial charge in [-0.3, -0.25) is 14.5 Å². The van der Waals surface area contributed by atoms with Crippen LogP contribution in [0, 0.1) is 0 Å². The first kappa shape index (κ1) is 20.6. The largest absolute Gasteiger partial charge is 0.497 e. The first-order valence-electron chi connectivity index (χ1n) is 9.96. The number of nitrogens with zero attached hydrogens (tertiary/aromatic N) is 3. The van der Waals surface area contributed by atoms with E-state index >= 15 is 0 Å². The molecule has 8 heteroatoms. The van der Waals surface area contributed by atoms with Gasteiger partial charge >= 0.3 is 17.8 Å². The van der Waals surface area contributed by atoms with Gasteiger partial charge in [-0.05, 0) is 37.4 Å². The molecule has 4 amide bonds. The number of aryl methyl sites for hydroxylation is 1. The number of imide groups is 2. The third-order valence-electron chi connectivity index (χ3n) is 5.30. The number of carbonyl (C=O) groups is 3. The van der Waals surface area contributed by atoms with Crippen molar-refractivity contribution in [3.8, 4) is 5.75 Å². The highest BCUT2D eigenvalue weighted by atomic mass is 16.5. The number of fused-ring (bicyclic) bond motifs is 1. The maximum Gasteiger partial charge on any atom is 0.340 e. The van der Waals surface area contributed by atoms with E-state index in [-0.39, 0.29) is 6.67 Å². The quantitative estimate of drug-likeness (QED) is 0.430. The van der Waals surface area contributed by atoms with Crippen molar-refractivity contribution in [3.63, 3.8) is 0 Å². The van der Waals surface area contributed by atoms with Crippen molar-refractivity contribution in [1.29, 1.82) is 0 Å². The predicted octanol–water partition coefficient (Wildman–Crippen LogP) is 3.39. The smallest absolute Gasteiger partial charge is 0.340 e. The minimum absolute atomic E-state index is 0.0152. The Morgan fingerprint density at radius 1 is 1.00 bits per heavy atom. The number of hydrogen-bond acceptors (Lipinski definition) is 6. The summed E-state index contributed by atoms with van der Waals surface area (Å²) in [6, 6.07) is 13.5. The average Bonchev–Trinajstić information content (AvgIpc) is 3.24. The highest BCUT2D eigenvalue weighted by molar-refractivity contribution is 6.52. The molecule has 160 valence electrons. The Hall–Kier alpha value is -3.65. The van der Waals surface area contributed by atoms with Crippen molar-refractivity contribution in [2.24, 2.45) is 0 Å². The van der Waals surface area contributed by atoms with E-state index in [2.05, 4.69) is 0 Å². The topological polar surface area (TPSA) is 83.3 Å². The number of urea groups is 1. The van der Waals surface area contributed by atoms with E-state index in [1.54, 1.807) is 31.3 Å². The summed E-state index contributed by atoms with van der Waals surface area (Å²) >= 11 is 0. The molecular weight excluding hydrogens is 398 g/mol. The molecule has 0 atom stereocenters. The molecule has 0 radical (unpaired) electrons. The monoisotopic (exact) mass is 421 g/mol. The Morgan fingerprint density at radius 3 is 2.39 bits per heavy atom. The zero-order valence-corrected chi connectivity index (χ0v) is 17.6. The molecule has 0 aliphatic carbocycles. The Balaban J connectivity index is 1.53. The minimum Gasteiger partial charge on any atom is -0.497 e. The van der Waals surface area contributed by atoms with Gasteiger partial charge in [0.15, 0.2) is 0 Å². The lowest BCUT2D eigenvalue weighted by molar-refractivity contribution is -0.140. The van der Waals surface area contributed by atoms with E-state index in [1.165, 1.54) is 7.11 Å². The fraction of sp³-hybridized carbons (Fsp3) is 0.261. The number of anilines is 1. The van der Waals surface area contributed by atoms with Crippen molar-refractivity contribution in [2.45, 2.75) is 19.9 Å². The van der Waals surface area contributed by atoms with E-state index in [4.69, 9.17) is 9.15 Å². The second-order valence-electron chi connectivity index (χ2n) is 7.36. The van der Waals surface area contributed by atoms with Gasteiger partial charge in [-0.1, -0.05) is 25.1 Å². The molecule has 0 bridgehead atoms. The van der Waals surface area contributed by atoms with Crippen LogP contribution in [0.25, 0.3) is 11.0 Å². The highest BCUT2D eigenvalue weighted by Gasteiger charge is 2.45. The molecular formula is C23H23N3O5. The van der Waals surface area contributed by atoms with Crippen LogP contribution in [0.15, 0.2) is 52.9 Å². The number of hydrogen-bond donors (Lipinski definition) is 0. The maximum atomic E-state index is 12.9.